The van der Waals surface area contributed by atoms with Crippen molar-refractivity contribution in [3.63, 3.8) is 0 Å². The predicted octanol–water partition coefficient (Wildman–Crippen LogP) is 2.27. The van der Waals surface area contributed by atoms with Crippen molar-refractivity contribution in [2.24, 2.45) is 5.92 Å². The number of ether oxygens (including phenoxy) is 1. The van der Waals surface area contributed by atoms with Crippen molar-refractivity contribution in [1.29, 1.82) is 0 Å². The molecule has 0 radical (unpaired) electrons. The van der Waals surface area contributed by atoms with Gasteiger partial charge in [-0.2, -0.15) is 0 Å². The average molecular weight is 246 g/mol. The Morgan fingerprint density at radius 1 is 1.31 bits per heavy atom. The molecule has 0 aromatic heterocycles. The molecule has 0 spiro atoms. The molecule has 1 aliphatic carbocycles. The van der Waals surface area contributed by atoms with E-state index in [1.165, 1.54) is 32.8 Å². The second-order valence-corrected chi connectivity index (χ2v) is 6.35. The standard InChI is InChI=1S/C12H22O3S/c1-10(12(13)15-2)9-16(14)11-7-5-3-4-6-8-11/h10-11H,3-9H2,1-2H3. The molecule has 4 heteroatoms. The summed E-state index contributed by atoms with van der Waals surface area (Å²) in [6, 6.07) is 0. The van der Waals surface area contributed by atoms with Crippen molar-refractivity contribution in [1.82, 2.24) is 0 Å². The van der Waals surface area contributed by atoms with Crippen LogP contribution in [-0.2, 0) is 20.3 Å². The van der Waals surface area contributed by atoms with Crippen LogP contribution in [0.4, 0.5) is 0 Å². The summed E-state index contributed by atoms with van der Waals surface area (Å²) < 4.78 is 16.7. The highest BCUT2D eigenvalue weighted by Gasteiger charge is 2.23. The second-order valence-electron chi connectivity index (χ2n) is 4.59. The molecule has 0 aromatic rings. The van der Waals surface area contributed by atoms with E-state index in [9.17, 15) is 9.00 Å². The molecule has 2 unspecified atom stereocenters. The number of carbonyl (C=O) groups excluding carboxylic acids is 1. The molecule has 3 nitrogen and oxygen atoms in total. The Balaban J connectivity index is 2.41. The fourth-order valence-corrected chi connectivity index (χ4v) is 3.92. The van der Waals surface area contributed by atoms with E-state index in [-0.39, 0.29) is 11.9 Å². The highest BCUT2D eigenvalue weighted by atomic mass is 32.2. The molecule has 1 aliphatic rings. The van der Waals surface area contributed by atoms with Gasteiger partial charge in [-0.25, -0.2) is 0 Å². The van der Waals surface area contributed by atoms with Gasteiger partial charge in [-0.1, -0.05) is 32.6 Å². The molecule has 1 saturated carbocycles. The van der Waals surface area contributed by atoms with Gasteiger partial charge in [-0.05, 0) is 12.8 Å². The number of rotatable bonds is 4. The maximum atomic E-state index is 12.1. The summed E-state index contributed by atoms with van der Waals surface area (Å²) in [5.74, 6) is -0.0341. The normalized spacial score (nSPS) is 22.1. The van der Waals surface area contributed by atoms with Gasteiger partial charge in [0.2, 0.25) is 0 Å². The van der Waals surface area contributed by atoms with Gasteiger partial charge in [-0.15, -0.1) is 0 Å². The summed E-state index contributed by atoms with van der Waals surface area (Å²) >= 11 is 0. The third kappa shape index (κ3) is 4.24. The van der Waals surface area contributed by atoms with Crippen LogP contribution >= 0.6 is 0 Å². The molecule has 0 saturated heterocycles. The van der Waals surface area contributed by atoms with Crippen LogP contribution in [0.25, 0.3) is 0 Å². The minimum absolute atomic E-state index is 0.242. The van der Waals surface area contributed by atoms with E-state index >= 15 is 0 Å². The Hall–Kier alpha value is -0.380. The summed E-state index contributed by atoms with van der Waals surface area (Å²) in [5.41, 5.74) is 0. The first-order valence-electron chi connectivity index (χ1n) is 6.10. The Morgan fingerprint density at radius 3 is 2.38 bits per heavy atom. The molecule has 2 atom stereocenters. The van der Waals surface area contributed by atoms with Crippen molar-refractivity contribution in [2.75, 3.05) is 12.9 Å². The van der Waals surface area contributed by atoms with Crippen molar-refractivity contribution in [3.05, 3.63) is 0 Å². The van der Waals surface area contributed by atoms with Crippen LogP contribution in [0.1, 0.15) is 45.4 Å². The SMILES string of the molecule is COC(=O)C(C)CS(=O)C1CCCCCC1. The lowest BCUT2D eigenvalue weighted by atomic mass is 10.2. The van der Waals surface area contributed by atoms with Crippen molar-refractivity contribution >= 4 is 16.8 Å². The molecule has 1 fully saturated rings. The maximum Gasteiger partial charge on any atom is 0.309 e. The molecule has 0 heterocycles. The van der Waals surface area contributed by atoms with Crippen molar-refractivity contribution in [3.8, 4) is 0 Å². The quantitative estimate of drug-likeness (QED) is 0.564. The van der Waals surface area contributed by atoms with E-state index < -0.39 is 10.8 Å². The van der Waals surface area contributed by atoms with Gasteiger partial charge in [0.1, 0.15) is 0 Å². The van der Waals surface area contributed by atoms with E-state index in [0.29, 0.717) is 11.0 Å². The lowest BCUT2D eigenvalue weighted by Crippen LogP contribution is -2.25. The number of hydrogen-bond donors (Lipinski definition) is 0. The van der Waals surface area contributed by atoms with Crippen LogP contribution in [0, 0.1) is 5.92 Å². The monoisotopic (exact) mass is 246 g/mol. The molecule has 94 valence electrons. The van der Waals surface area contributed by atoms with Crippen LogP contribution in [-0.4, -0.2) is 28.3 Å². The van der Waals surface area contributed by atoms with Crippen LogP contribution < -0.4 is 0 Å². The van der Waals surface area contributed by atoms with Crippen molar-refractivity contribution in [2.45, 2.75) is 50.7 Å². The first-order chi connectivity index (χ1) is 7.65. The Morgan fingerprint density at radius 2 is 1.88 bits per heavy atom. The van der Waals surface area contributed by atoms with Crippen LogP contribution in [0.3, 0.4) is 0 Å². The highest BCUT2D eigenvalue weighted by Crippen LogP contribution is 2.22. The molecule has 0 aromatic carbocycles. The molecule has 0 amide bonds. The van der Waals surface area contributed by atoms with Gasteiger partial charge >= 0.3 is 5.97 Å². The zero-order chi connectivity index (χ0) is 12.0. The largest absolute Gasteiger partial charge is 0.469 e. The summed E-state index contributed by atoms with van der Waals surface area (Å²) in [5, 5.41) is 0.301. The van der Waals surface area contributed by atoms with E-state index in [0.717, 1.165) is 12.8 Å². The minimum atomic E-state index is -0.871. The predicted molar refractivity (Wildman–Crippen MR) is 65.7 cm³/mol. The zero-order valence-electron chi connectivity index (χ0n) is 10.2. The van der Waals surface area contributed by atoms with E-state index in [1.54, 1.807) is 6.92 Å². The second kappa shape index (κ2) is 7.05. The molecule has 16 heavy (non-hydrogen) atoms. The number of esters is 1. The molecular weight excluding hydrogens is 224 g/mol. The highest BCUT2D eigenvalue weighted by molar-refractivity contribution is 7.85. The van der Waals surface area contributed by atoms with E-state index in [2.05, 4.69) is 4.74 Å². The van der Waals surface area contributed by atoms with E-state index in [1.807, 2.05) is 0 Å². The molecule has 1 rings (SSSR count). The minimum Gasteiger partial charge on any atom is -0.469 e. The van der Waals surface area contributed by atoms with Gasteiger partial charge in [0, 0.05) is 21.8 Å². The van der Waals surface area contributed by atoms with E-state index in [4.69, 9.17) is 0 Å². The maximum absolute atomic E-state index is 12.1. The number of hydrogen-bond acceptors (Lipinski definition) is 3. The average Bonchev–Trinajstić information content (AvgIpc) is 2.56. The molecular formula is C12H22O3S. The number of carbonyl (C=O) groups is 1. The van der Waals surface area contributed by atoms with Crippen molar-refractivity contribution < 1.29 is 13.7 Å². The lowest BCUT2D eigenvalue weighted by molar-refractivity contribution is -0.144. The van der Waals surface area contributed by atoms with Gasteiger partial charge in [0.25, 0.3) is 0 Å². The lowest BCUT2D eigenvalue weighted by Gasteiger charge is -2.16. The summed E-state index contributed by atoms with van der Waals surface area (Å²) in [6.45, 7) is 1.79. The zero-order valence-corrected chi connectivity index (χ0v) is 11.1. The third-order valence-corrected chi connectivity index (χ3v) is 5.24. The Kier molecular flexibility index (Phi) is 6.03. The van der Waals surface area contributed by atoms with Gasteiger partial charge in [0.05, 0.1) is 13.0 Å². The first kappa shape index (κ1) is 13.7. The van der Waals surface area contributed by atoms with Crippen LogP contribution in [0.5, 0.6) is 0 Å². The fourth-order valence-electron chi connectivity index (χ4n) is 2.16. The first-order valence-corrected chi connectivity index (χ1v) is 7.48. The Labute approximate surface area is 100 Å². The summed E-state index contributed by atoms with van der Waals surface area (Å²) in [7, 11) is 0.512. The smallest absolute Gasteiger partial charge is 0.309 e. The van der Waals surface area contributed by atoms with Crippen LogP contribution in [0.2, 0.25) is 0 Å². The Bertz CT molecular complexity index is 245. The fraction of sp³-hybridized carbons (Fsp3) is 0.917. The van der Waals surface area contributed by atoms with Crippen LogP contribution in [0.15, 0.2) is 0 Å². The van der Waals surface area contributed by atoms with Gasteiger partial charge < -0.3 is 4.74 Å². The van der Waals surface area contributed by atoms with Gasteiger partial charge in [0.15, 0.2) is 0 Å². The topological polar surface area (TPSA) is 43.4 Å². The summed E-state index contributed by atoms with van der Waals surface area (Å²) in [4.78, 5) is 11.2. The molecule has 0 bridgehead atoms. The molecule has 0 N–H and O–H groups in total. The van der Waals surface area contributed by atoms with Gasteiger partial charge in [-0.3, -0.25) is 9.00 Å². The summed E-state index contributed by atoms with van der Waals surface area (Å²) in [6.07, 6.45) is 7.01. The number of methoxy groups -OCH3 is 1. The molecule has 0 aliphatic heterocycles. The third-order valence-electron chi connectivity index (χ3n) is 3.19.